The molecular formula is C15H27N3O3. The van der Waals surface area contributed by atoms with Crippen LogP contribution in [0, 0.1) is 0 Å². The highest BCUT2D eigenvalue weighted by Crippen LogP contribution is 2.25. The molecular weight excluding hydrogens is 270 g/mol. The number of carboxylic acids is 1. The van der Waals surface area contributed by atoms with Crippen molar-refractivity contribution >= 4 is 12.0 Å². The van der Waals surface area contributed by atoms with Crippen LogP contribution >= 0.6 is 0 Å². The van der Waals surface area contributed by atoms with E-state index in [1.165, 1.54) is 0 Å². The number of rotatable bonds is 3. The molecule has 21 heavy (non-hydrogen) atoms. The minimum Gasteiger partial charge on any atom is -0.480 e. The smallest absolute Gasteiger partial charge is 0.323 e. The second-order valence-corrected chi connectivity index (χ2v) is 6.51. The number of piperazine rings is 1. The number of aliphatic carboxylic acids is 1. The number of nitrogens with zero attached hydrogens (tertiary/aromatic N) is 3. The first-order chi connectivity index (χ1) is 9.90. The molecule has 0 aromatic heterocycles. The zero-order valence-electron chi connectivity index (χ0n) is 13.3. The summed E-state index contributed by atoms with van der Waals surface area (Å²) in [4.78, 5) is 29.6. The van der Waals surface area contributed by atoms with Crippen LogP contribution in [0.4, 0.5) is 4.79 Å². The minimum absolute atomic E-state index is 0.0962. The van der Waals surface area contributed by atoms with Gasteiger partial charge in [-0.15, -0.1) is 0 Å². The highest BCUT2D eigenvalue weighted by Gasteiger charge is 2.35. The number of urea groups is 1. The predicted molar refractivity (Wildman–Crippen MR) is 80.3 cm³/mol. The Balaban J connectivity index is 2.08. The van der Waals surface area contributed by atoms with Crippen LogP contribution in [0.1, 0.15) is 39.5 Å². The summed E-state index contributed by atoms with van der Waals surface area (Å²) in [6.07, 6.45) is 4.03. The number of amides is 2. The van der Waals surface area contributed by atoms with Crippen LogP contribution < -0.4 is 0 Å². The van der Waals surface area contributed by atoms with Crippen molar-refractivity contribution in [2.24, 2.45) is 0 Å². The Morgan fingerprint density at radius 3 is 2.14 bits per heavy atom. The zero-order valence-corrected chi connectivity index (χ0v) is 13.3. The standard InChI is InChI=1S/C15H27N3O3/c1-11-8-17(9-12(2)16(11)3)15(21)18(10-14(19)20)13-6-4-5-7-13/h11-13H,4-10H2,1-3H3,(H,19,20). The van der Waals surface area contributed by atoms with E-state index in [2.05, 4.69) is 25.8 Å². The SMILES string of the molecule is CC1CN(C(=O)N(CC(=O)O)C2CCCC2)CC(C)N1C. The minimum atomic E-state index is -0.925. The van der Waals surface area contributed by atoms with Crippen LogP contribution in [0.3, 0.4) is 0 Å². The lowest BCUT2D eigenvalue weighted by atomic mass is 10.1. The molecule has 2 aliphatic rings. The molecule has 1 N–H and O–H groups in total. The van der Waals surface area contributed by atoms with E-state index in [4.69, 9.17) is 5.11 Å². The molecule has 6 nitrogen and oxygen atoms in total. The first-order valence-electron chi connectivity index (χ1n) is 7.89. The van der Waals surface area contributed by atoms with Gasteiger partial charge in [0.15, 0.2) is 0 Å². The van der Waals surface area contributed by atoms with Gasteiger partial charge in [0.1, 0.15) is 6.54 Å². The molecule has 6 heteroatoms. The Morgan fingerprint density at radius 1 is 1.14 bits per heavy atom. The summed E-state index contributed by atoms with van der Waals surface area (Å²) in [6.45, 7) is 5.36. The third kappa shape index (κ3) is 3.67. The van der Waals surface area contributed by atoms with E-state index >= 15 is 0 Å². The van der Waals surface area contributed by atoms with Gasteiger partial charge in [0.05, 0.1) is 0 Å². The van der Waals surface area contributed by atoms with Gasteiger partial charge >= 0.3 is 12.0 Å². The summed E-state index contributed by atoms with van der Waals surface area (Å²) in [5.41, 5.74) is 0. The summed E-state index contributed by atoms with van der Waals surface area (Å²) >= 11 is 0. The number of carboxylic acid groups (broad SMARTS) is 1. The number of carbonyl (C=O) groups excluding carboxylic acids is 1. The van der Waals surface area contributed by atoms with E-state index in [-0.39, 0.29) is 18.6 Å². The molecule has 1 saturated carbocycles. The molecule has 2 atom stereocenters. The second kappa shape index (κ2) is 6.64. The quantitative estimate of drug-likeness (QED) is 0.856. The number of hydrogen-bond acceptors (Lipinski definition) is 3. The summed E-state index contributed by atoms with van der Waals surface area (Å²) in [5.74, 6) is -0.925. The Labute approximate surface area is 126 Å². The van der Waals surface area contributed by atoms with Crippen molar-refractivity contribution in [2.45, 2.75) is 57.7 Å². The van der Waals surface area contributed by atoms with Gasteiger partial charge in [-0.05, 0) is 33.7 Å². The van der Waals surface area contributed by atoms with Crippen LogP contribution in [0.5, 0.6) is 0 Å². The van der Waals surface area contributed by atoms with Crippen molar-refractivity contribution in [3.63, 3.8) is 0 Å². The first kappa shape index (κ1) is 16.1. The molecule has 1 saturated heterocycles. The average molecular weight is 297 g/mol. The fraction of sp³-hybridized carbons (Fsp3) is 0.867. The lowest BCUT2D eigenvalue weighted by Crippen LogP contribution is -2.60. The Kier molecular flexibility index (Phi) is 5.08. The number of likely N-dealkylation sites (N-methyl/N-ethyl adjacent to an activating group) is 1. The second-order valence-electron chi connectivity index (χ2n) is 6.51. The molecule has 1 aliphatic heterocycles. The molecule has 0 aromatic rings. The van der Waals surface area contributed by atoms with Crippen molar-refractivity contribution < 1.29 is 14.7 Å². The van der Waals surface area contributed by atoms with Crippen LogP contribution in [0.2, 0.25) is 0 Å². The van der Waals surface area contributed by atoms with Gasteiger partial charge in [0.25, 0.3) is 0 Å². The lowest BCUT2D eigenvalue weighted by molar-refractivity contribution is -0.138. The molecule has 0 bridgehead atoms. The maximum atomic E-state index is 12.8. The van der Waals surface area contributed by atoms with Gasteiger partial charge in [-0.25, -0.2) is 4.79 Å². The third-order valence-corrected chi connectivity index (χ3v) is 4.95. The summed E-state index contributed by atoms with van der Waals surface area (Å²) in [6, 6.07) is 0.593. The largest absolute Gasteiger partial charge is 0.480 e. The normalized spacial score (nSPS) is 27.9. The summed E-state index contributed by atoms with van der Waals surface area (Å²) in [5, 5.41) is 9.12. The van der Waals surface area contributed by atoms with Gasteiger partial charge in [0.2, 0.25) is 0 Å². The van der Waals surface area contributed by atoms with Crippen molar-refractivity contribution in [3.05, 3.63) is 0 Å². The van der Waals surface area contributed by atoms with E-state index in [9.17, 15) is 9.59 Å². The van der Waals surface area contributed by atoms with E-state index in [0.717, 1.165) is 25.7 Å². The van der Waals surface area contributed by atoms with Gasteiger partial charge in [-0.2, -0.15) is 0 Å². The van der Waals surface area contributed by atoms with E-state index in [0.29, 0.717) is 25.2 Å². The lowest BCUT2D eigenvalue weighted by Gasteiger charge is -2.44. The van der Waals surface area contributed by atoms with Crippen LogP contribution in [-0.2, 0) is 4.79 Å². The molecule has 0 aromatic carbocycles. The van der Waals surface area contributed by atoms with Crippen molar-refractivity contribution in [3.8, 4) is 0 Å². The van der Waals surface area contributed by atoms with E-state index in [1.807, 2.05) is 4.90 Å². The maximum Gasteiger partial charge on any atom is 0.323 e. The Bertz CT molecular complexity index is 384. The van der Waals surface area contributed by atoms with Crippen molar-refractivity contribution in [1.29, 1.82) is 0 Å². The number of hydrogen-bond donors (Lipinski definition) is 1. The number of carbonyl (C=O) groups is 2. The zero-order chi connectivity index (χ0) is 15.6. The Morgan fingerprint density at radius 2 is 1.67 bits per heavy atom. The summed E-state index contributed by atoms with van der Waals surface area (Å²) < 4.78 is 0. The molecule has 1 heterocycles. The molecule has 2 fully saturated rings. The molecule has 0 radical (unpaired) electrons. The summed E-state index contributed by atoms with van der Waals surface area (Å²) in [7, 11) is 2.07. The fourth-order valence-corrected chi connectivity index (χ4v) is 3.46. The van der Waals surface area contributed by atoms with Gasteiger partial charge in [0, 0.05) is 31.2 Å². The van der Waals surface area contributed by atoms with Gasteiger partial charge in [-0.3, -0.25) is 9.69 Å². The fourth-order valence-electron chi connectivity index (χ4n) is 3.46. The molecule has 120 valence electrons. The van der Waals surface area contributed by atoms with Crippen LogP contribution in [-0.4, -0.2) is 76.6 Å². The van der Waals surface area contributed by atoms with Gasteiger partial charge in [-0.1, -0.05) is 12.8 Å². The molecule has 1 aliphatic carbocycles. The predicted octanol–water partition coefficient (Wildman–Crippen LogP) is 1.46. The molecule has 2 rings (SSSR count). The Hall–Kier alpha value is -1.30. The van der Waals surface area contributed by atoms with Crippen LogP contribution in [0.25, 0.3) is 0 Å². The molecule has 2 amide bonds. The van der Waals surface area contributed by atoms with Crippen molar-refractivity contribution in [2.75, 3.05) is 26.7 Å². The maximum absolute atomic E-state index is 12.8. The monoisotopic (exact) mass is 297 g/mol. The highest BCUT2D eigenvalue weighted by atomic mass is 16.4. The van der Waals surface area contributed by atoms with Crippen molar-refractivity contribution in [1.82, 2.24) is 14.7 Å². The third-order valence-electron chi connectivity index (χ3n) is 4.95. The highest BCUT2D eigenvalue weighted by molar-refractivity contribution is 5.80. The average Bonchev–Trinajstić information content (AvgIpc) is 2.94. The van der Waals surface area contributed by atoms with Gasteiger partial charge < -0.3 is 14.9 Å². The molecule has 2 unspecified atom stereocenters. The van der Waals surface area contributed by atoms with E-state index in [1.54, 1.807) is 4.90 Å². The topological polar surface area (TPSA) is 64.1 Å². The van der Waals surface area contributed by atoms with Crippen LogP contribution in [0.15, 0.2) is 0 Å². The molecule has 0 spiro atoms. The first-order valence-corrected chi connectivity index (χ1v) is 7.89. The van der Waals surface area contributed by atoms with E-state index < -0.39 is 5.97 Å².